The molecule has 49 nitrogen and oxygen atoms in total. The SMILES string of the molecule is CC(=O)NC1C(OC(C)=O)[C@H](OC(C)=O)C(COC(C)=O)O[C@H]1OCCCCC(=O)NCCCNC(=O)CCOCC(COCCC(=O)NCCCNC(=O)CCCCO[C@@H]1OC(COC(C)=O)CC(COC(C)=O)(OC(C)=O)C1NC(C)=O)(COCCC(=O)NCCCNC(=O)CCCCO[C@@H]1OC(COC(C)=O)CC(COC(C)=O)(OC(C)=O)C1NC(C)=O)NC(=O)CCCCCCCCCCC(=O)O. The largest absolute Gasteiger partial charge is 0.481 e. The Kier molecular flexibility index (Phi) is 62.3. The minimum Gasteiger partial charge on any atom is -0.481 e. The molecule has 0 radical (unpaired) electrons. The Labute approximate surface area is 827 Å². The topological polar surface area (TPSA) is 648 Å². The standard InChI is InChI=1S/C93H152N10O39/c1-60(104)100-83-85(137-69(10)113)84(136-68(9)112)74(54-133-65(6)109)140-88(83)128-44-24-21-30-75(116)94-38-27-41-97-78(119)35-47-125-55-91(103-81(122)33-19-17-15-13-14-16-18-20-34-82(123)124,56-126-48-36-79(120)98-42-28-39-95-76(117)31-22-25-45-129-89-86(101-61(2)105)92(141-70(11)114,58-134-66(7)110)50-72(138-89)52-131-63(4)107)57-127-49-37-80(121)99-43-29-40-96-77(118)32-23-26-46-130-90-87(102-62(3)106)93(142-71(12)115,59-135-67(8)111)51-73(139-90)53-132-64(5)108/h72-74,83-90H,13-59H2,1-12H3,(H,94,116)(H,95,117)(H,96,118)(H,97,119)(H,98,120)(H,99,121)(H,100,104)(H,101,105)(H,102,106)(H,103,122)(H,123,124)/t72?,73?,74?,83?,84-,85?,86?,87?,88-,89-,90-,91?,92?,93?/m1/s1. The molecule has 3 saturated heterocycles. The average molecular weight is 2030 g/mol. The smallest absolute Gasteiger partial charge is 0.303 e. The first-order chi connectivity index (χ1) is 67.4. The summed E-state index contributed by atoms with van der Waals surface area (Å²) < 4.78 is 103. The fourth-order valence-electron chi connectivity index (χ4n) is 15.3. The molecule has 11 N–H and O–H groups in total. The fraction of sp³-hybridized carbons (Fsp3) is 0.785. The molecule has 0 aromatic rings. The lowest BCUT2D eigenvalue weighted by molar-refractivity contribution is -0.277. The molecule has 0 aromatic heterocycles. The number of carboxylic acids is 1. The number of unbranched alkanes of at least 4 members (excludes halogenated alkanes) is 10. The minimum absolute atomic E-state index is 0.0173. The van der Waals surface area contributed by atoms with E-state index in [9.17, 15) is 95.9 Å². The monoisotopic (exact) mass is 2030 g/mol. The molecule has 0 saturated carbocycles. The van der Waals surface area contributed by atoms with Crippen LogP contribution in [0, 0.1) is 0 Å². The second-order valence-electron chi connectivity index (χ2n) is 34.8. The lowest BCUT2D eigenvalue weighted by Crippen LogP contribution is -2.68. The Balaban J connectivity index is 1.69. The highest BCUT2D eigenvalue weighted by molar-refractivity contribution is 5.80. The van der Waals surface area contributed by atoms with Crippen LogP contribution in [-0.2, 0) is 181 Å². The number of aliphatic carboxylic acids is 1. The number of hydrogen-bond acceptors (Lipinski definition) is 38. The van der Waals surface area contributed by atoms with Crippen molar-refractivity contribution in [2.45, 2.75) is 341 Å². The number of hydrogen-bond donors (Lipinski definition) is 11. The Hall–Kier alpha value is -11.0. The lowest BCUT2D eigenvalue weighted by Gasteiger charge is -2.48. The van der Waals surface area contributed by atoms with Gasteiger partial charge in [-0.05, 0) is 70.6 Å². The van der Waals surface area contributed by atoms with E-state index in [0.717, 1.165) is 80.6 Å². The fourth-order valence-corrected chi connectivity index (χ4v) is 15.3. The third-order valence-electron chi connectivity index (χ3n) is 21.7. The summed E-state index contributed by atoms with van der Waals surface area (Å²) in [4.78, 5) is 250. The predicted molar refractivity (Wildman–Crippen MR) is 494 cm³/mol. The van der Waals surface area contributed by atoms with Crippen LogP contribution in [0.2, 0.25) is 0 Å². The van der Waals surface area contributed by atoms with Crippen molar-refractivity contribution in [3.63, 3.8) is 0 Å². The molecule has 0 spiro atoms. The van der Waals surface area contributed by atoms with Crippen molar-refractivity contribution in [3.05, 3.63) is 0 Å². The van der Waals surface area contributed by atoms with Gasteiger partial charge in [0, 0.05) is 206 Å². The van der Waals surface area contributed by atoms with Gasteiger partial charge in [0.05, 0.1) is 51.8 Å². The summed E-state index contributed by atoms with van der Waals surface area (Å²) in [7, 11) is 0. The van der Waals surface area contributed by atoms with Crippen LogP contribution < -0.4 is 53.2 Å². The van der Waals surface area contributed by atoms with Gasteiger partial charge in [-0.15, -0.1) is 0 Å². The number of rotatable bonds is 74. The van der Waals surface area contributed by atoms with E-state index in [1.54, 1.807) is 0 Å². The van der Waals surface area contributed by atoms with Gasteiger partial charge < -0.3 is 144 Å². The van der Waals surface area contributed by atoms with E-state index in [1.165, 1.54) is 34.6 Å². The highest BCUT2D eigenvalue weighted by Crippen LogP contribution is 2.38. The maximum atomic E-state index is 14.1. The van der Waals surface area contributed by atoms with Crippen molar-refractivity contribution in [2.24, 2.45) is 0 Å². The van der Waals surface area contributed by atoms with E-state index >= 15 is 0 Å². The van der Waals surface area contributed by atoms with Crippen molar-refractivity contribution in [1.82, 2.24) is 53.2 Å². The van der Waals surface area contributed by atoms with E-state index in [0.29, 0.717) is 77.0 Å². The second-order valence-corrected chi connectivity index (χ2v) is 34.8. The van der Waals surface area contributed by atoms with Gasteiger partial charge in [0.2, 0.25) is 59.1 Å². The van der Waals surface area contributed by atoms with E-state index < -0.39 is 205 Å². The number of esters is 9. The summed E-state index contributed by atoms with van der Waals surface area (Å²) in [5.41, 5.74) is -4.88. The van der Waals surface area contributed by atoms with E-state index in [1.807, 2.05) is 0 Å². The highest BCUT2D eigenvalue weighted by atomic mass is 16.7. The molecule has 0 aromatic carbocycles. The molecule has 0 bridgehead atoms. The highest BCUT2D eigenvalue weighted by Gasteiger charge is 2.57. The minimum atomic E-state index is -1.70. The van der Waals surface area contributed by atoms with Crippen LogP contribution in [0.3, 0.4) is 0 Å². The average Bonchev–Trinajstić information content (AvgIpc) is 0.770. The number of carbonyl (C=O) groups excluding carboxylic acids is 19. The third kappa shape index (κ3) is 56.2. The first-order valence-electron chi connectivity index (χ1n) is 48.3. The maximum absolute atomic E-state index is 14.1. The normalized spacial score (nSPS) is 21.1. The van der Waals surface area contributed by atoms with Gasteiger partial charge in [-0.3, -0.25) is 95.9 Å². The second kappa shape index (κ2) is 70.7. The molecular formula is C93H152N10O39. The van der Waals surface area contributed by atoms with E-state index in [-0.39, 0.29) is 194 Å². The van der Waals surface area contributed by atoms with Gasteiger partial charge in [-0.2, -0.15) is 0 Å². The molecule has 3 rings (SSSR count). The van der Waals surface area contributed by atoms with E-state index in [2.05, 4.69) is 53.2 Å². The maximum Gasteiger partial charge on any atom is 0.303 e. The Morgan fingerprint density at radius 3 is 0.951 bits per heavy atom. The zero-order chi connectivity index (χ0) is 105. The summed E-state index contributed by atoms with van der Waals surface area (Å²) in [5, 5.41) is 36.8. The van der Waals surface area contributed by atoms with Gasteiger partial charge in [0.1, 0.15) is 62.8 Å². The quantitative estimate of drug-likeness (QED) is 0.0232. The van der Waals surface area contributed by atoms with Gasteiger partial charge in [0.15, 0.2) is 42.3 Å². The first-order valence-corrected chi connectivity index (χ1v) is 48.3. The molecule has 808 valence electrons. The van der Waals surface area contributed by atoms with Crippen LogP contribution in [0.15, 0.2) is 0 Å². The van der Waals surface area contributed by atoms with Gasteiger partial charge >= 0.3 is 59.7 Å². The molecule has 10 amide bonds. The van der Waals surface area contributed by atoms with Crippen LogP contribution in [0.1, 0.15) is 256 Å². The lowest BCUT2D eigenvalue weighted by atomic mass is 9.85. The zero-order valence-corrected chi connectivity index (χ0v) is 84.0. The van der Waals surface area contributed by atoms with Gasteiger partial charge in [-0.25, -0.2) is 0 Å². The van der Waals surface area contributed by atoms with Gasteiger partial charge in [0.25, 0.3) is 0 Å². The number of ether oxygens (including phenoxy) is 18. The Morgan fingerprint density at radius 1 is 0.310 bits per heavy atom. The van der Waals surface area contributed by atoms with Crippen molar-refractivity contribution in [2.75, 3.05) is 132 Å². The Morgan fingerprint density at radius 2 is 0.620 bits per heavy atom. The van der Waals surface area contributed by atoms with Crippen molar-refractivity contribution >= 4 is 119 Å². The van der Waals surface area contributed by atoms with Crippen molar-refractivity contribution < 1.29 is 186 Å². The molecule has 3 aliphatic heterocycles. The summed E-state index contributed by atoms with van der Waals surface area (Å²) in [6.07, 6.45) is -1.14. The number of carboxylic acid groups (broad SMARTS) is 1. The zero-order valence-electron chi connectivity index (χ0n) is 84.0. The molecule has 3 aliphatic rings. The first kappa shape index (κ1) is 125. The molecular weight excluding hydrogens is 1880 g/mol. The van der Waals surface area contributed by atoms with Gasteiger partial charge in [-0.1, -0.05) is 38.5 Å². The van der Waals surface area contributed by atoms with Crippen LogP contribution in [0.25, 0.3) is 0 Å². The summed E-state index contributed by atoms with van der Waals surface area (Å²) in [5.74, 6) is -11.5. The number of carbonyl (C=O) groups is 20. The van der Waals surface area contributed by atoms with Crippen molar-refractivity contribution in [1.29, 1.82) is 0 Å². The van der Waals surface area contributed by atoms with Crippen LogP contribution in [-0.4, -0.2) is 340 Å². The van der Waals surface area contributed by atoms with Crippen LogP contribution in [0.4, 0.5) is 0 Å². The molecule has 13 atom stereocenters. The molecule has 9 unspecified atom stereocenters. The third-order valence-corrected chi connectivity index (χ3v) is 21.7. The molecule has 142 heavy (non-hydrogen) atoms. The predicted octanol–water partition coefficient (Wildman–Crippen LogP) is 1.23. The molecule has 49 heteroatoms. The molecule has 0 aliphatic carbocycles. The number of nitrogens with one attached hydrogen (secondary N) is 10. The summed E-state index contributed by atoms with van der Waals surface area (Å²) >= 11 is 0. The Bertz CT molecular complexity index is 3850. The van der Waals surface area contributed by atoms with Crippen molar-refractivity contribution in [3.8, 4) is 0 Å². The van der Waals surface area contributed by atoms with Crippen LogP contribution in [0.5, 0.6) is 0 Å². The summed E-state index contributed by atoms with van der Waals surface area (Å²) in [6.45, 7) is 11.5. The number of amides is 10. The van der Waals surface area contributed by atoms with Crippen LogP contribution >= 0.6 is 0 Å². The molecule has 3 fully saturated rings. The van der Waals surface area contributed by atoms with E-state index in [4.69, 9.17) is 90.4 Å². The molecule has 3 heterocycles. The summed E-state index contributed by atoms with van der Waals surface area (Å²) in [6, 6.07) is -3.56.